The minimum absolute atomic E-state index is 0.0166. The third-order valence-corrected chi connectivity index (χ3v) is 6.31. The topological polar surface area (TPSA) is 99.2 Å². The maximum atomic E-state index is 12.7. The molecule has 1 heterocycles. The van der Waals surface area contributed by atoms with Crippen molar-refractivity contribution in [1.82, 2.24) is 15.1 Å². The number of urea groups is 1. The van der Waals surface area contributed by atoms with E-state index in [1.165, 1.54) is 0 Å². The van der Waals surface area contributed by atoms with Crippen LogP contribution in [-0.4, -0.2) is 77.6 Å². The average Bonchev–Trinajstić information content (AvgIpc) is 2.74. The van der Waals surface area contributed by atoms with E-state index in [1.54, 1.807) is 30.7 Å². The summed E-state index contributed by atoms with van der Waals surface area (Å²) in [4.78, 5) is 40.6. The number of amides is 3. The van der Waals surface area contributed by atoms with Crippen molar-refractivity contribution in [1.29, 1.82) is 0 Å². The van der Waals surface area contributed by atoms with E-state index in [4.69, 9.17) is 4.74 Å². The van der Waals surface area contributed by atoms with Gasteiger partial charge in [-0.2, -0.15) is 0 Å². The zero-order valence-corrected chi connectivity index (χ0v) is 20.8. The second kappa shape index (κ2) is 12.0. The monoisotopic (exact) mass is 461 g/mol. The number of benzene rings is 1. The third kappa shape index (κ3) is 7.45. The number of hydrogen-bond acceptors (Lipinski definition) is 5. The number of para-hydroxylation sites is 1. The average molecular weight is 462 g/mol. The lowest BCUT2D eigenvalue weighted by atomic mass is 9.92. The van der Waals surface area contributed by atoms with Gasteiger partial charge in [-0.15, -0.1) is 0 Å². The number of aliphatic hydroxyl groups excluding tert-OH is 1. The largest absolute Gasteiger partial charge is 0.483 e. The van der Waals surface area contributed by atoms with Crippen LogP contribution in [0.2, 0.25) is 0 Å². The van der Waals surface area contributed by atoms with Gasteiger partial charge in [0.1, 0.15) is 5.75 Å². The van der Waals surface area contributed by atoms with Gasteiger partial charge in [0.15, 0.2) is 12.4 Å². The fraction of sp³-hybridized carbons (Fsp3) is 0.640. The molecule has 2 N–H and O–H groups in total. The van der Waals surface area contributed by atoms with Gasteiger partial charge in [-0.25, -0.2) is 4.79 Å². The molecule has 1 aliphatic heterocycles. The maximum Gasteiger partial charge on any atom is 0.320 e. The van der Waals surface area contributed by atoms with Gasteiger partial charge in [-0.3, -0.25) is 9.59 Å². The lowest BCUT2D eigenvalue weighted by Gasteiger charge is -2.37. The van der Waals surface area contributed by atoms with E-state index in [-0.39, 0.29) is 36.7 Å². The second-order valence-corrected chi connectivity index (χ2v) is 9.37. The first-order valence-corrected chi connectivity index (χ1v) is 11.7. The van der Waals surface area contributed by atoms with Crippen LogP contribution >= 0.6 is 0 Å². The van der Waals surface area contributed by atoms with Gasteiger partial charge in [0.25, 0.3) is 5.91 Å². The number of ether oxygens (including phenoxy) is 1. The van der Waals surface area contributed by atoms with Gasteiger partial charge in [-0.05, 0) is 57.6 Å². The van der Waals surface area contributed by atoms with Crippen LogP contribution in [0.5, 0.6) is 5.75 Å². The number of hydrogen-bond donors (Lipinski definition) is 2. The van der Waals surface area contributed by atoms with E-state index >= 15 is 0 Å². The molecule has 0 aliphatic carbocycles. The third-order valence-electron chi connectivity index (χ3n) is 6.31. The van der Waals surface area contributed by atoms with Crippen molar-refractivity contribution >= 4 is 17.7 Å². The highest BCUT2D eigenvalue weighted by Crippen LogP contribution is 2.22. The summed E-state index contributed by atoms with van der Waals surface area (Å²) < 4.78 is 5.67. The SMILES string of the molecule is Cc1cccc(C)c1OCC(=O)NC(C)C(O)CC(C)CC(=O)C(C)N1CCCN(C)C1=O. The number of carbonyl (C=O) groups excluding carboxylic acids is 3. The minimum Gasteiger partial charge on any atom is -0.483 e. The number of aryl methyl sites for hydroxylation is 2. The van der Waals surface area contributed by atoms with Crippen molar-refractivity contribution in [2.75, 3.05) is 26.7 Å². The van der Waals surface area contributed by atoms with Crippen LogP contribution in [-0.2, 0) is 9.59 Å². The Morgan fingerprint density at radius 3 is 2.42 bits per heavy atom. The van der Waals surface area contributed by atoms with Crippen molar-refractivity contribution in [3.05, 3.63) is 29.3 Å². The molecular formula is C25H39N3O5. The first-order valence-electron chi connectivity index (χ1n) is 11.7. The Labute approximate surface area is 197 Å². The number of rotatable bonds is 11. The lowest BCUT2D eigenvalue weighted by Crippen LogP contribution is -2.53. The summed E-state index contributed by atoms with van der Waals surface area (Å²) in [6, 6.07) is 4.70. The molecule has 33 heavy (non-hydrogen) atoms. The van der Waals surface area contributed by atoms with E-state index < -0.39 is 18.2 Å². The molecule has 1 fully saturated rings. The Morgan fingerprint density at radius 2 is 1.79 bits per heavy atom. The lowest BCUT2D eigenvalue weighted by molar-refractivity contribution is -0.126. The number of nitrogens with one attached hydrogen (secondary N) is 1. The molecule has 1 aromatic rings. The highest BCUT2D eigenvalue weighted by Gasteiger charge is 2.31. The molecule has 0 bridgehead atoms. The number of ketones is 1. The summed E-state index contributed by atoms with van der Waals surface area (Å²) in [5, 5.41) is 13.3. The fourth-order valence-corrected chi connectivity index (χ4v) is 4.19. The molecular weight excluding hydrogens is 422 g/mol. The van der Waals surface area contributed by atoms with E-state index in [1.807, 2.05) is 39.0 Å². The van der Waals surface area contributed by atoms with Gasteiger partial charge < -0.3 is 25.0 Å². The van der Waals surface area contributed by atoms with Gasteiger partial charge >= 0.3 is 6.03 Å². The van der Waals surface area contributed by atoms with Crippen molar-refractivity contribution in [2.24, 2.45) is 5.92 Å². The van der Waals surface area contributed by atoms with Crippen LogP contribution in [0.25, 0.3) is 0 Å². The molecule has 1 saturated heterocycles. The summed E-state index contributed by atoms with van der Waals surface area (Å²) in [5.41, 5.74) is 1.92. The van der Waals surface area contributed by atoms with Crippen molar-refractivity contribution in [3.63, 3.8) is 0 Å². The molecule has 8 nitrogen and oxygen atoms in total. The second-order valence-electron chi connectivity index (χ2n) is 9.37. The fourth-order valence-electron chi connectivity index (χ4n) is 4.19. The van der Waals surface area contributed by atoms with Crippen LogP contribution in [0.3, 0.4) is 0 Å². The summed E-state index contributed by atoms with van der Waals surface area (Å²) in [6.45, 7) is 10.4. The standard InChI is InChI=1S/C25H39N3O5/c1-16(14-22(30)20(5)28-12-8-11-27(6)25(28)32)13-21(29)19(4)26-23(31)15-33-24-17(2)9-7-10-18(24)3/h7,9-10,16,19-21,29H,8,11-15H2,1-6H3,(H,26,31). The molecule has 2 rings (SSSR count). The Bertz CT molecular complexity index is 823. The van der Waals surface area contributed by atoms with E-state index in [0.29, 0.717) is 25.3 Å². The molecule has 184 valence electrons. The quantitative estimate of drug-likeness (QED) is 0.528. The molecule has 0 aromatic heterocycles. The maximum absolute atomic E-state index is 12.7. The molecule has 1 aromatic carbocycles. The van der Waals surface area contributed by atoms with Crippen LogP contribution in [0, 0.1) is 19.8 Å². The highest BCUT2D eigenvalue weighted by atomic mass is 16.5. The van der Waals surface area contributed by atoms with Crippen LogP contribution in [0.1, 0.15) is 51.2 Å². The number of nitrogens with zero attached hydrogens (tertiary/aromatic N) is 2. The molecule has 4 unspecified atom stereocenters. The number of aliphatic hydroxyl groups is 1. The van der Waals surface area contributed by atoms with E-state index in [2.05, 4.69) is 5.32 Å². The Kier molecular flexibility index (Phi) is 9.70. The molecule has 4 atom stereocenters. The van der Waals surface area contributed by atoms with Crippen LogP contribution in [0.15, 0.2) is 18.2 Å². The summed E-state index contributed by atoms with van der Waals surface area (Å²) >= 11 is 0. The minimum atomic E-state index is -0.796. The Morgan fingerprint density at radius 1 is 1.15 bits per heavy atom. The van der Waals surface area contributed by atoms with Crippen molar-refractivity contribution < 1.29 is 24.2 Å². The molecule has 1 aliphatic rings. The Hall–Kier alpha value is -2.61. The predicted octanol–water partition coefficient (Wildman–Crippen LogP) is 2.68. The molecule has 8 heteroatoms. The van der Waals surface area contributed by atoms with Crippen molar-refractivity contribution in [2.45, 2.75) is 72.1 Å². The van der Waals surface area contributed by atoms with Crippen LogP contribution in [0.4, 0.5) is 4.79 Å². The van der Waals surface area contributed by atoms with Gasteiger partial charge in [0.05, 0.1) is 18.2 Å². The highest BCUT2D eigenvalue weighted by molar-refractivity contribution is 5.88. The molecule has 0 radical (unpaired) electrons. The van der Waals surface area contributed by atoms with Crippen molar-refractivity contribution in [3.8, 4) is 5.75 Å². The summed E-state index contributed by atoms with van der Waals surface area (Å²) in [5.74, 6) is 0.282. The first-order chi connectivity index (χ1) is 15.5. The number of carbonyl (C=O) groups is 3. The number of Topliss-reactive ketones (excluding diaryl/α,β-unsaturated/α-hetero) is 1. The molecule has 0 saturated carbocycles. The zero-order valence-electron chi connectivity index (χ0n) is 20.8. The predicted molar refractivity (Wildman–Crippen MR) is 127 cm³/mol. The zero-order chi connectivity index (χ0) is 24.7. The van der Waals surface area contributed by atoms with E-state index in [9.17, 15) is 19.5 Å². The van der Waals surface area contributed by atoms with Gasteiger partial charge in [0, 0.05) is 26.6 Å². The first kappa shape index (κ1) is 26.6. The molecule has 0 spiro atoms. The van der Waals surface area contributed by atoms with Crippen LogP contribution < -0.4 is 10.1 Å². The Balaban J connectivity index is 1.78. The van der Waals surface area contributed by atoms with Gasteiger partial charge in [-0.1, -0.05) is 25.1 Å². The van der Waals surface area contributed by atoms with Gasteiger partial charge in [0.2, 0.25) is 0 Å². The summed E-state index contributed by atoms with van der Waals surface area (Å²) in [7, 11) is 1.74. The molecule has 3 amide bonds. The smallest absolute Gasteiger partial charge is 0.320 e. The normalized spacial score (nSPS) is 17.8. The summed E-state index contributed by atoms with van der Waals surface area (Å²) in [6.07, 6.45) is 0.682. The van der Waals surface area contributed by atoms with E-state index in [0.717, 1.165) is 17.5 Å².